The molecule has 5 rings (SSSR count). The molecule has 216 valence electrons. The summed E-state index contributed by atoms with van der Waals surface area (Å²) in [6.45, 7) is 0.375. The lowest BCUT2D eigenvalue weighted by atomic mass is 9.52. The fourth-order valence-electron chi connectivity index (χ4n) is 6.95. The van der Waals surface area contributed by atoms with E-state index in [1.807, 2.05) is 29.9 Å². The van der Waals surface area contributed by atoms with Gasteiger partial charge >= 0.3 is 0 Å². The standard InChI is InChI=1S/C29H32N4O8/c1-32(2)23-17-10-13-9-16-15(19(35)12-31-11-14-5-4-8-33(14)3)6-7-18(34)21(16)24(36)20(13)26(38)29(17,41)27(39)22(25(23)37)28(30)40/h4-8,13,17,20,22-23,31,34,41H,9-12H2,1-3H3,(H2,30,40)/t13-,17-,20?,22?,23-,29-/m0/s1. The lowest BCUT2D eigenvalue weighted by Crippen LogP contribution is -2.74. The molecule has 2 fully saturated rings. The Morgan fingerprint density at radius 1 is 1.15 bits per heavy atom. The van der Waals surface area contributed by atoms with Crippen LogP contribution in [-0.4, -0.2) is 86.8 Å². The Balaban J connectivity index is 1.50. The Kier molecular flexibility index (Phi) is 7.04. The minimum Gasteiger partial charge on any atom is -0.507 e. The quantitative estimate of drug-likeness (QED) is 0.244. The number of carbonyl (C=O) groups is 6. The smallest absolute Gasteiger partial charge is 0.235 e. The van der Waals surface area contributed by atoms with Crippen molar-refractivity contribution in [2.45, 2.75) is 31.0 Å². The third-order valence-electron chi connectivity index (χ3n) is 8.89. The number of amides is 1. The van der Waals surface area contributed by atoms with E-state index in [4.69, 9.17) is 5.73 Å². The van der Waals surface area contributed by atoms with Crippen LogP contribution in [0, 0.1) is 23.7 Å². The molecule has 12 nitrogen and oxygen atoms in total. The van der Waals surface area contributed by atoms with E-state index < -0.39 is 70.1 Å². The third kappa shape index (κ3) is 4.25. The van der Waals surface area contributed by atoms with Crippen LogP contribution in [0.3, 0.4) is 0 Å². The van der Waals surface area contributed by atoms with Gasteiger partial charge < -0.3 is 25.8 Å². The molecule has 0 saturated heterocycles. The number of hydrogen-bond donors (Lipinski definition) is 4. The Morgan fingerprint density at radius 3 is 2.46 bits per heavy atom. The van der Waals surface area contributed by atoms with Gasteiger partial charge in [-0.2, -0.15) is 0 Å². The van der Waals surface area contributed by atoms with Crippen molar-refractivity contribution in [3.05, 3.63) is 52.8 Å². The fourth-order valence-corrected chi connectivity index (χ4v) is 6.95. The predicted molar refractivity (Wildman–Crippen MR) is 143 cm³/mol. The van der Waals surface area contributed by atoms with Crippen LogP contribution in [0.25, 0.3) is 0 Å². The molecular weight excluding hydrogens is 532 g/mol. The molecule has 1 amide bonds. The Hall–Kier alpha value is -4.00. The van der Waals surface area contributed by atoms with Gasteiger partial charge in [0.05, 0.1) is 24.1 Å². The van der Waals surface area contributed by atoms with Gasteiger partial charge in [0.25, 0.3) is 0 Å². The number of phenols is 1. The summed E-state index contributed by atoms with van der Waals surface area (Å²) in [5, 5.41) is 25.4. The number of aromatic nitrogens is 1. The Morgan fingerprint density at radius 2 is 1.85 bits per heavy atom. The van der Waals surface area contributed by atoms with Crippen molar-refractivity contribution in [1.82, 2.24) is 14.8 Å². The van der Waals surface area contributed by atoms with Crippen molar-refractivity contribution < 1.29 is 39.0 Å². The van der Waals surface area contributed by atoms with E-state index >= 15 is 0 Å². The molecule has 2 aromatic rings. The fraction of sp³-hybridized carbons (Fsp3) is 0.448. The van der Waals surface area contributed by atoms with Crippen LogP contribution in [0.15, 0.2) is 30.5 Å². The SMILES string of the molecule is CN(C)[C@@H]1C(=O)C(C(N)=O)C(=O)[C@@]2(O)C(=O)C3C(=O)c4c(O)ccc(C(=O)CNCc5cccn5C)c4C[C@H]3C[C@@H]12. The van der Waals surface area contributed by atoms with Crippen molar-refractivity contribution in [3.63, 3.8) is 0 Å². The minimum atomic E-state index is -2.79. The molecule has 6 atom stereocenters. The summed E-state index contributed by atoms with van der Waals surface area (Å²) in [5.74, 6) is -11.6. The van der Waals surface area contributed by atoms with Gasteiger partial charge in [-0.3, -0.25) is 33.7 Å². The monoisotopic (exact) mass is 564 g/mol. The van der Waals surface area contributed by atoms with Crippen LogP contribution in [0.1, 0.15) is 38.4 Å². The summed E-state index contributed by atoms with van der Waals surface area (Å²) in [4.78, 5) is 81.0. The first kappa shape index (κ1) is 28.5. The number of benzene rings is 1. The summed E-state index contributed by atoms with van der Waals surface area (Å²) >= 11 is 0. The lowest BCUT2D eigenvalue weighted by Gasteiger charge is -2.52. The number of nitrogens with one attached hydrogen (secondary N) is 1. The summed E-state index contributed by atoms with van der Waals surface area (Å²) in [6.07, 6.45) is 1.82. The van der Waals surface area contributed by atoms with Crippen molar-refractivity contribution in [2.75, 3.05) is 20.6 Å². The normalized spacial score (nSPS) is 29.2. The molecular formula is C29H32N4O8. The van der Waals surface area contributed by atoms with Crippen LogP contribution in [-0.2, 0) is 39.2 Å². The van der Waals surface area contributed by atoms with Gasteiger partial charge in [0.1, 0.15) is 5.75 Å². The van der Waals surface area contributed by atoms with E-state index in [2.05, 4.69) is 5.32 Å². The second-order valence-electron chi connectivity index (χ2n) is 11.4. The first-order valence-electron chi connectivity index (χ1n) is 13.3. The zero-order chi connectivity index (χ0) is 30.0. The van der Waals surface area contributed by atoms with Crippen molar-refractivity contribution >= 4 is 34.8 Å². The average molecular weight is 565 g/mol. The molecule has 2 saturated carbocycles. The molecule has 3 aliphatic carbocycles. The van der Waals surface area contributed by atoms with Crippen LogP contribution in [0.5, 0.6) is 5.75 Å². The zero-order valence-corrected chi connectivity index (χ0v) is 22.9. The molecule has 41 heavy (non-hydrogen) atoms. The molecule has 3 aliphatic rings. The van der Waals surface area contributed by atoms with Gasteiger partial charge in [-0.15, -0.1) is 0 Å². The molecule has 1 heterocycles. The molecule has 5 N–H and O–H groups in total. The number of hydrogen-bond acceptors (Lipinski definition) is 10. The maximum atomic E-state index is 13.9. The summed E-state index contributed by atoms with van der Waals surface area (Å²) in [7, 11) is 4.92. The Labute approximate surface area is 235 Å². The highest BCUT2D eigenvalue weighted by Crippen LogP contribution is 2.51. The van der Waals surface area contributed by atoms with Crippen molar-refractivity contribution in [1.29, 1.82) is 0 Å². The van der Waals surface area contributed by atoms with Gasteiger partial charge in [0.15, 0.2) is 40.4 Å². The summed E-state index contributed by atoms with van der Waals surface area (Å²) in [6, 6.07) is 5.24. The number of nitrogens with zero attached hydrogens (tertiary/aromatic N) is 2. The molecule has 2 unspecified atom stereocenters. The number of aryl methyl sites for hydroxylation is 1. The van der Waals surface area contributed by atoms with Crippen LogP contribution < -0.4 is 11.1 Å². The van der Waals surface area contributed by atoms with Crippen molar-refractivity contribution in [2.24, 2.45) is 36.5 Å². The lowest BCUT2D eigenvalue weighted by molar-refractivity contribution is -0.181. The van der Waals surface area contributed by atoms with Gasteiger partial charge in [0, 0.05) is 37.0 Å². The molecule has 1 aromatic heterocycles. The van der Waals surface area contributed by atoms with Crippen LogP contribution >= 0.6 is 0 Å². The van der Waals surface area contributed by atoms with E-state index in [0.29, 0.717) is 6.54 Å². The first-order valence-corrected chi connectivity index (χ1v) is 13.3. The minimum absolute atomic E-state index is 0.0269. The number of likely N-dealkylation sites (N-methyl/N-ethyl adjacent to an activating group) is 1. The molecule has 0 aliphatic heterocycles. The number of aromatic hydroxyl groups is 1. The van der Waals surface area contributed by atoms with Gasteiger partial charge in [-0.05, 0) is 62.7 Å². The highest BCUT2D eigenvalue weighted by Gasteiger charge is 2.69. The first-order chi connectivity index (χ1) is 19.3. The highest BCUT2D eigenvalue weighted by molar-refractivity contribution is 6.32. The second-order valence-corrected chi connectivity index (χ2v) is 11.4. The number of Topliss-reactive ketones (excluding diaryl/α,β-unsaturated/α-hetero) is 5. The number of carbonyl (C=O) groups excluding carboxylic acids is 6. The third-order valence-corrected chi connectivity index (χ3v) is 8.89. The number of phenolic OH excluding ortho intramolecular Hbond substituents is 1. The topological polar surface area (TPSA) is 189 Å². The second kappa shape index (κ2) is 10.1. The number of primary amides is 1. The number of nitrogens with two attached hydrogens (primary N) is 1. The maximum Gasteiger partial charge on any atom is 0.235 e. The molecule has 0 spiro atoms. The van der Waals surface area contributed by atoms with E-state index in [1.165, 1.54) is 31.1 Å². The highest BCUT2D eigenvalue weighted by atomic mass is 16.3. The molecule has 0 radical (unpaired) electrons. The van der Waals surface area contributed by atoms with Crippen molar-refractivity contribution in [3.8, 4) is 5.75 Å². The van der Waals surface area contributed by atoms with Gasteiger partial charge in [-0.25, -0.2) is 0 Å². The molecule has 12 heteroatoms. The summed E-state index contributed by atoms with van der Waals surface area (Å²) in [5.41, 5.74) is 3.80. The van der Waals surface area contributed by atoms with E-state index in [9.17, 15) is 39.0 Å². The van der Waals surface area contributed by atoms with Gasteiger partial charge in [-0.1, -0.05) is 0 Å². The van der Waals surface area contributed by atoms with E-state index in [0.717, 1.165) is 5.69 Å². The summed E-state index contributed by atoms with van der Waals surface area (Å²) < 4.78 is 1.91. The predicted octanol–water partition coefficient (Wildman–Crippen LogP) is -0.822. The van der Waals surface area contributed by atoms with Crippen LogP contribution in [0.4, 0.5) is 0 Å². The number of fused-ring (bicyclic) bond motifs is 3. The zero-order valence-electron chi connectivity index (χ0n) is 22.9. The number of ketones is 5. The molecule has 1 aromatic carbocycles. The number of rotatable bonds is 7. The number of aliphatic hydroxyl groups is 1. The van der Waals surface area contributed by atoms with E-state index in [-0.39, 0.29) is 41.9 Å². The van der Waals surface area contributed by atoms with Crippen LogP contribution in [0.2, 0.25) is 0 Å². The van der Waals surface area contributed by atoms with E-state index in [1.54, 1.807) is 0 Å². The van der Waals surface area contributed by atoms with Gasteiger partial charge in [0.2, 0.25) is 5.91 Å². The largest absolute Gasteiger partial charge is 0.507 e. The molecule has 0 bridgehead atoms. The Bertz CT molecular complexity index is 1510. The average Bonchev–Trinajstić information content (AvgIpc) is 3.30. The maximum absolute atomic E-state index is 13.9.